The molecule has 9 heteroatoms. The quantitative estimate of drug-likeness (QED) is 0.562. The van der Waals surface area contributed by atoms with Crippen molar-refractivity contribution in [3.8, 4) is 0 Å². The molecule has 0 aliphatic rings. The zero-order valence-corrected chi connectivity index (χ0v) is 17.8. The topological polar surface area (TPSA) is 101 Å². The maximum absolute atomic E-state index is 12.4. The number of ether oxygens (including phenoxy) is 1. The van der Waals surface area contributed by atoms with Gasteiger partial charge in [0.25, 0.3) is 11.5 Å². The number of aromatic amines is 1. The molecule has 0 aliphatic carbocycles. The van der Waals surface area contributed by atoms with Crippen LogP contribution in [0, 0.1) is 0 Å². The molecule has 3 rings (SSSR count). The summed E-state index contributed by atoms with van der Waals surface area (Å²) in [4.78, 5) is 36.6. The molecule has 0 radical (unpaired) electrons. The van der Waals surface area contributed by atoms with Gasteiger partial charge in [-0.05, 0) is 37.6 Å². The van der Waals surface area contributed by atoms with Crippen molar-refractivity contribution < 1.29 is 14.3 Å². The van der Waals surface area contributed by atoms with E-state index in [0.717, 1.165) is 0 Å². The van der Waals surface area contributed by atoms with E-state index in [1.54, 1.807) is 49.4 Å². The van der Waals surface area contributed by atoms with Gasteiger partial charge in [-0.1, -0.05) is 47.5 Å². The zero-order chi connectivity index (χ0) is 21.8. The van der Waals surface area contributed by atoms with Gasteiger partial charge in [-0.25, -0.2) is 5.10 Å². The number of hydrogen-bond donors (Lipinski definition) is 2. The summed E-state index contributed by atoms with van der Waals surface area (Å²) in [5, 5.41) is 11.0. The van der Waals surface area contributed by atoms with Crippen molar-refractivity contribution >= 4 is 45.9 Å². The average molecular weight is 448 g/mol. The molecular weight excluding hydrogens is 429 g/mol. The molecule has 7 nitrogen and oxygen atoms in total. The number of carbonyl (C=O) groups is 2. The maximum atomic E-state index is 12.4. The minimum absolute atomic E-state index is 0.187. The van der Waals surface area contributed by atoms with Crippen LogP contribution in [0.4, 0.5) is 0 Å². The highest BCUT2D eigenvalue weighted by Crippen LogP contribution is 2.26. The van der Waals surface area contributed by atoms with Gasteiger partial charge < -0.3 is 10.1 Å². The van der Waals surface area contributed by atoms with E-state index in [9.17, 15) is 14.4 Å². The van der Waals surface area contributed by atoms with Crippen LogP contribution in [-0.4, -0.2) is 28.2 Å². The van der Waals surface area contributed by atoms with Crippen LogP contribution in [0.5, 0.6) is 0 Å². The summed E-state index contributed by atoms with van der Waals surface area (Å²) in [6, 6.07) is 11.4. The van der Waals surface area contributed by atoms with Crippen molar-refractivity contribution in [1.29, 1.82) is 0 Å². The number of esters is 1. The molecule has 1 amide bonds. The molecular formula is C21H19Cl2N3O4. The van der Waals surface area contributed by atoms with E-state index >= 15 is 0 Å². The van der Waals surface area contributed by atoms with E-state index in [4.69, 9.17) is 27.9 Å². The molecule has 3 aromatic rings. The highest BCUT2D eigenvalue weighted by molar-refractivity contribution is 6.35. The summed E-state index contributed by atoms with van der Waals surface area (Å²) in [6.45, 7) is 3.24. The molecule has 2 N–H and O–H groups in total. The molecule has 2 aromatic carbocycles. The van der Waals surface area contributed by atoms with E-state index in [2.05, 4.69) is 15.5 Å². The minimum atomic E-state index is -1.03. The first kappa shape index (κ1) is 21.8. The predicted molar refractivity (Wildman–Crippen MR) is 115 cm³/mol. The number of amides is 1. The maximum Gasteiger partial charge on any atom is 0.312 e. The fraction of sp³-hybridized carbons (Fsp3) is 0.238. The van der Waals surface area contributed by atoms with Crippen LogP contribution < -0.4 is 10.9 Å². The molecule has 156 valence electrons. The molecule has 1 aromatic heterocycles. The Hall–Kier alpha value is -2.90. The number of benzene rings is 2. The van der Waals surface area contributed by atoms with E-state index in [1.807, 2.05) is 0 Å². The molecule has 30 heavy (non-hydrogen) atoms. The molecule has 0 bridgehead atoms. The first-order valence-electron chi connectivity index (χ1n) is 9.17. The number of fused-ring (bicyclic) bond motifs is 1. The molecule has 2 atom stereocenters. The summed E-state index contributed by atoms with van der Waals surface area (Å²) in [6.07, 6.45) is -1.21. The lowest BCUT2D eigenvalue weighted by Crippen LogP contribution is -2.37. The largest absolute Gasteiger partial charge is 0.452 e. The number of rotatable bonds is 6. The Labute approximate surface area is 182 Å². The lowest BCUT2D eigenvalue weighted by Gasteiger charge is -2.19. The highest BCUT2D eigenvalue weighted by atomic mass is 35.5. The Morgan fingerprint density at radius 1 is 1.13 bits per heavy atom. The van der Waals surface area contributed by atoms with Crippen LogP contribution in [0.3, 0.4) is 0 Å². The third-order valence-corrected chi connectivity index (χ3v) is 5.11. The third kappa shape index (κ3) is 4.98. The minimum Gasteiger partial charge on any atom is -0.452 e. The summed E-state index contributed by atoms with van der Waals surface area (Å²) in [5.74, 6) is -1.11. The van der Waals surface area contributed by atoms with E-state index < -0.39 is 24.0 Å². The van der Waals surface area contributed by atoms with E-state index in [1.165, 1.54) is 6.92 Å². The second-order valence-corrected chi connectivity index (χ2v) is 7.59. The standard InChI is InChI=1S/C21H19Cl2N3O4/c1-11(14-8-7-13(22)9-17(14)23)24-20(28)12(2)30-19(27)10-18-15-5-3-4-6-16(15)21(29)26-25-18/h3-9,11-12H,10H2,1-2H3,(H,24,28)(H,26,29)/t11-,12-/m0/s1. The molecule has 0 fully saturated rings. The van der Waals surface area contributed by atoms with Gasteiger partial charge >= 0.3 is 5.97 Å². The van der Waals surface area contributed by atoms with Crippen molar-refractivity contribution in [2.24, 2.45) is 0 Å². The highest BCUT2D eigenvalue weighted by Gasteiger charge is 2.22. The molecule has 0 spiro atoms. The van der Waals surface area contributed by atoms with Gasteiger partial charge in [0.05, 0.1) is 23.5 Å². The Kier molecular flexibility index (Phi) is 6.74. The van der Waals surface area contributed by atoms with Gasteiger partial charge in [0.1, 0.15) is 0 Å². The number of halogens is 2. The normalized spacial score (nSPS) is 12.9. The first-order chi connectivity index (χ1) is 14.3. The number of nitrogens with zero attached hydrogens (tertiary/aromatic N) is 1. The molecule has 0 unspecified atom stereocenters. The Bertz CT molecular complexity index is 1160. The van der Waals surface area contributed by atoms with Crippen molar-refractivity contribution in [3.63, 3.8) is 0 Å². The molecule has 0 saturated carbocycles. The van der Waals surface area contributed by atoms with Crippen LogP contribution in [0.2, 0.25) is 10.0 Å². The number of aromatic nitrogens is 2. The van der Waals surface area contributed by atoms with Gasteiger partial charge in [0, 0.05) is 15.4 Å². The van der Waals surface area contributed by atoms with Crippen LogP contribution in [0.15, 0.2) is 47.3 Å². The fourth-order valence-corrected chi connectivity index (χ4v) is 3.57. The van der Waals surface area contributed by atoms with Gasteiger partial charge in [-0.2, -0.15) is 5.10 Å². The fourth-order valence-electron chi connectivity index (χ4n) is 3.00. The summed E-state index contributed by atoms with van der Waals surface area (Å²) >= 11 is 12.1. The Balaban J connectivity index is 1.63. The number of nitrogens with one attached hydrogen (secondary N) is 2. The van der Waals surface area contributed by atoms with Gasteiger partial charge in [0.2, 0.25) is 0 Å². The average Bonchev–Trinajstić information content (AvgIpc) is 2.70. The number of hydrogen-bond acceptors (Lipinski definition) is 5. The monoisotopic (exact) mass is 447 g/mol. The summed E-state index contributed by atoms with van der Waals surface area (Å²) < 4.78 is 5.24. The van der Waals surface area contributed by atoms with Crippen LogP contribution in [-0.2, 0) is 20.7 Å². The second-order valence-electron chi connectivity index (χ2n) is 6.75. The van der Waals surface area contributed by atoms with Crippen molar-refractivity contribution in [1.82, 2.24) is 15.5 Å². The lowest BCUT2D eigenvalue weighted by molar-refractivity contribution is -0.154. The van der Waals surface area contributed by atoms with E-state index in [0.29, 0.717) is 32.1 Å². The second kappa shape index (κ2) is 9.28. The van der Waals surface area contributed by atoms with Crippen molar-refractivity contribution in [3.05, 3.63) is 74.1 Å². The summed E-state index contributed by atoms with van der Waals surface area (Å²) in [7, 11) is 0. The van der Waals surface area contributed by atoms with Crippen LogP contribution >= 0.6 is 23.2 Å². The third-order valence-electron chi connectivity index (χ3n) is 4.55. The first-order valence-corrected chi connectivity index (χ1v) is 9.93. The Morgan fingerprint density at radius 3 is 2.53 bits per heavy atom. The van der Waals surface area contributed by atoms with Gasteiger partial charge in [-0.15, -0.1) is 0 Å². The number of H-pyrrole nitrogens is 1. The molecule has 0 saturated heterocycles. The van der Waals surface area contributed by atoms with Gasteiger partial charge in [-0.3, -0.25) is 14.4 Å². The summed E-state index contributed by atoms with van der Waals surface area (Å²) in [5.41, 5.74) is 0.714. The smallest absolute Gasteiger partial charge is 0.312 e. The van der Waals surface area contributed by atoms with E-state index in [-0.39, 0.29) is 12.0 Å². The van der Waals surface area contributed by atoms with Crippen molar-refractivity contribution in [2.75, 3.05) is 0 Å². The van der Waals surface area contributed by atoms with Crippen LogP contribution in [0.1, 0.15) is 31.1 Å². The number of carbonyl (C=O) groups excluding carboxylic acids is 2. The SMILES string of the molecule is C[C@H](OC(=O)Cc1n[nH]c(=O)c2ccccc12)C(=O)N[C@@H](C)c1ccc(Cl)cc1Cl. The zero-order valence-electron chi connectivity index (χ0n) is 16.2. The lowest BCUT2D eigenvalue weighted by atomic mass is 10.1. The predicted octanol–water partition coefficient (Wildman–Crippen LogP) is 3.58. The molecule has 1 heterocycles. The van der Waals surface area contributed by atoms with Crippen LogP contribution in [0.25, 0.3) is 10.8 Å². The van der Waals surface area contributed by atoms with Gasteiger partial charge in [0.15, 0.2) is 6.10 Å². The van der Waals surface area contributed by atoms with Crippen molar-refractivity contribution in [2.45, 2.75) is 32.4 Å². The molecule has 0 aliphatic heterocycles. The Morgan fingerprint density at radius 2 is 1.83 bits per heavy atom.